The Labute approximate surface area is 172 Å². The van der Waals surface area contributed by atoms with E-state index < -0.39 is 10.0 Å². The van der Waals surface area contributed by atoms with Crippen LogP contribution in [0.5, 0.6) is 0 Å². The number of nitrogens with zero attached hydrogens (tertiary/aromatic N) is 1. The van der Waals surface area contributed by atoms with Crippen LogP contribution in [0.2, 0.25) is 0 Å². The lowest BCUT2D eigenvalue weighted by Crippen LogP contribution is -2.35. The monoisotopic (exact) mass is 408 g/mol. The molecule has 29 heavy (non-hydrogen) atoms. The average Bonchev–Trinajstić information content (AvgIpc) is 2.72. The third-order valence-electron chi connectivity index (χ3n) is 4.91. The maximum absolute atomic E-state index is 13.2. The van der Waals surface area contributed by atoms with E-state index in [-0.39, 0.29) is 17.3 Å². The predicted molar refractivity (Wildman–Crippen MR) is 116 cm³/mol. The topological polar surface area (TPSA) is 66.5 Å². The van der Waals surface area contributed by atoms with Gasteiger partial charge < -0.3 is 5.32 Å². The second-order valence-corrected chi connectivity index (χ2v) is 8.93. The summed E-state index contributed by atoms with van der Waals surface area (Å²) in [6.07, 6.45) is 0. The molecule has 1 amide bonds. The normalized spacial score (nSPS) is 11.4. The fraction of sp³-hybridized carbons (Fsp3) is 0.174. The van der Waals surface area contributed by atoms with Crippen LogP contribution in [-0.4, -0.2) is 32.2 Å². The first-order valence-electron chi connectivity index (χ1n) is 9.27. The van der Waals surface area contributed by atoms with Crippen molar-refractivity contribution in [3.8, 4) is 11.1 Å². The number of likely N-dealkylation sites (N-methyl/N-ethyl adjacent to an activating group) is 1. The fourth-order valence-electron chi connectivity index (χ4n) is 3.08. The zero-order chi connectivity index (χ0) is 21.0. The van der Waals surface area contributed by atoms with Crippen molar-refractivity contribution in [3.63, 3.8) is 0 Å². The van der Waals surface area contributed by atoms with Gasteiger partial charge in [-0.1, -0.05) is 60.7 Å². The maximum atomic E-state index is 13.2. The third-order valence-corrected chi connectivity index (χ3v) is 6.77. The highest BCUT2D eigenvalue weighted by atomic mass is 32.2. The Morgan fingerprint density at radius 1 is 0.897 bits per heavy atom. The molecular formula is C23H24N2O3S. The van der Waals surface area contributed by atoms with E-state index in [1.165, 1.54) is 7.05 Å². The van der Waals surface area contributed by atoms with Gasteiger partial charge in [0.05, 0.1) is 11.4 Å². The Hall–Kier alpha value is -2.96. The molecule has 3 rings (SSSR count). The van der Waals surface area contributed by atoms with Crippen molar-refractivity contribution in [2.24, 2.45) is 0 Å². The van der Waals surface area contributed by atoms with E-state index in [4.69, 9.17) is 0 Å². The molecule has 0 bridgehead atoms. The zero-order valence-corrected chi connectivity index (χ0v) is 17.5. The first kappa shape index (κ1) is 20.8. The molecule has 6 heteroatoms. The molecule has 0 spiro atoms. The van der Waals surface area contributed by atoms with E-state index in [1.807, 2.05) is 56.3 Å². The highest BCUT2D eigenvalue weighted by Crippen LogP contribution is 2.28. The van der Waals surface area contributed by atoms with Crippen LogP contribution in [0.25, 0.3) is 11.1 Å². The quantitative estimate of drug-likeness (QED) is 0.664. The number of hydrogen-bond acceptors (Lipinski definition) is 3. The number of carbonyl (C=O) groups is 1. The summed E-state index contributed by atoms with van der Waals surface area (Å²) in [5.41, 5.74) is 4.11. The third kappa shape index (κ3) is 4.55. The molecule has 0 fully saturated rings. The number of nitrogens with one attached hydrogen (secondary N) is 1. The van der Waals surface area contributed by atoms with Gasteiger partial charge >= 0.3 is 0 Å². The molecule has 0 radical (unpaired) electrons. The molecule has 0 atom stereocenters. The van der Waals surface area contributed by atoms with Crippen LogP contribution in [0.15, 0.2) is 77.7 Å². The number of amides is 1. The van der Waals surface area contributed by atoms with Gasteiger partial charge in [0.15, 0.2) is 0 Å². The lowest BCUT2D eigenvalue weighted by molar-refractivity contribution is -0.116. The van der Waals surface area contributed by atoms with Gasteiger partial charge in [-0.3, -0.25) is 4.79 Å². The van der Waals surface area contributed by atoms with Gasteiger partial charge in [-0.25, -0.2) is 8.42 Å². The molecule has 0 saturated heterocycles. The molecule has 150 valence electrons. The molecule has 0 unspecified atom stereocenters. The number of rotatable bonds is 6. The van der Waals surface area contributed by atoms with Gasteiger partial charge in [-0.15, -0.1) is 0 Å². The van der Waals surface area contributed by atoms with Crippen LogP contribution >= 0.6 is 0 Å². The fourth-order valence-corrected chi connectivity index (χ4v) is 4.42. The number of hydrogen-bond donors (Lipinski definition) is 1. The molecule has 0 aliphatic heterocycles. The molecule has 1 N–H and O–H groups in total. The van der Waals surface area contributed by atoms with Gasteiger partial charge in [-0.05, 0) is 42.7 Å². The van der Waals surface area contributed by atoms with Crippen LogP contribution in [0.3, 0.4) is 0 Å². The maximum Gasteiger partial charge on any atom is 0.243 e. The number of sulfonamides is 1. The van der Waals surface area contributed by atoms with Gasteiger partial charge in [-0.2, -0.15) is 4.31 Å². The van der Waals surface area contributed by atoms with Crippen LogP contribution in [-0.2, 0) is 14.8 Å². The van der Waals surface area contributed by atoms with E-state index in [0.29, 0.717) is 11.3 Å². The van der Waals surface area contributed by atoms with E-state index >= 15 is 0 Å². The summed E-state index contributed by atoms with van der Waals surface area (Å²) in [5.74, 6) is -0.387. The van der Waals surface area contributed by atoms with Gasteiger partial charge in [0.25, 0.3) is 0 Å². The first-order chi connectivity index (χ1) is 13.8. The zero-order valence-electron chi connectivity index (χ0n) is 16.7. The Balaban J connectivity index is 1.83. The summed E-state index contributed by atoms with van der Waals surface area (Å²) < 4.78 is 27.4. The summed E-state index contributed by atoms with van der Waals surface area (Å²) in [6, 6.07) is 21.8. The number of benzene rings is 3. The Morgan fingerprint density at radius 2 is 1.55 bits per heavy atom. The molecule has 0 saturated carbocycles. The van der Waals surface area contributed by atoms with Crippen molar-refractivity contribution in [3.05, 3.63) is 83.9 Å². The van der Waals surface area contributed by atoms with Crippen LogP contribution in [0, 0.1) is 13.8 Å². The standard InChI is InChI=1S/C23H24N2O3S/c1-17-10-9-14-21(18(17)2)24-23(26)16-25(3)29(27,28)22-15-8-7-13-20(22)19-11-5-4-6-12-19/h4-15H,16H2,1-3H3,(H,24,26). The van der Waals surface area contributed by atoms with Crippen molar-refractivity contribution < 1.29 is 13.2 Å². The summed E-state index contributed by atoms with van der Waals surface area (Å²) in [7, 11) is -2.43. The first-order valence-corrected chi connectivity index (χ1v) is 10.7. The Kier molecular flexibility index (Phi) is 6.15. The Morgan fingerprint density at radius 3 is 2.28 bits per heavy atom. The SMILES string of the molecule is Cc1cccc(NC(=O)CN(C)S(=O)(=O)c2ccccc2-c2ccccc2)c1C. The molecule has 5 nitrogen and oxygen atoms in total. The van der Waals surface area contributed by atoms with E-state index in [9.17, 15) is 13.2 Å². The minimum atomic E-state index is -3.85. The predicted octanol–water partition coefficient (Wildman–Crippen LogP) is 4.23. The van der Waals surface area contributed by atoms with Crippen LogP contribution in [0.4, 0.5) is 5.69 Å². The molecule has 0 heterocycles. The summed E-state index contributed by atoms with van der Waals surface area (Å²) in [5, 5.41) is 2.81. The second-order valence-electron chi connectivity index (χ2n) is 6.92. The smallest absolute Gasteiger partial charge is 0.243 e. The van der Waals surface area contributed by atoms with Crippen molar-refractivity contribution in [1.29, 1.82) is 0 Å². The largest absolute Gasteiger partial charge is 0.325 e. The minimum absolute atomic E-state index is 0.174. The molecular weight excluding hydrogens is 384 g/mol. The molecule has 0 aliphatic rings. The van der Waals surface area contributed by atoms with Gasteiger partial charge in [0.1, 0.15) is 0 Å². The second kappa shape index (κ2) is 8.59. The van der Waals surface area contributed by atoms with Gasteiger partial charge in [0, 0.05) is 18.3 Å². The van der Waals surface area contributed by atoms with Crippen molar-refractivity contribution >= 4 is 21.6 Å². The highest BCUT2D eigenvalue weighted by molar-refractivity contribution is 7.89. The number of carbonyl (C=O) groups excluding carboxylic acids is 1. The summed E-state index contributed by atoms with van der Waals surface area (Å²) >= 11 is 0. The summed E-state index contributed by atoms with van der Waals surface area (Å²) in [4.78, 5) is 12.7. The van der Waals surface area contributed by atoms with Crippen molar-refractivity contribution in [2.75, 3.05) is 18.9 Å². The van der Waals surface area contributed by atoms with E-state index in [0.717, 1.165) is 21.0 Å². The highest BCUT2D eigenvalue weighted by Gasteiger charge is 2.26. The van der Waals surface area contributed by atoms with Crippen molar-refractivity contribution in [2.45, 2.75) is 18.7 Å². The van der Waals surface area contributed by atoms with Crippen molar-refractivity contribution in [1.82, 2.24) is 4.31 Å². The minimum Gasteiger partial charge on any atom is -0.325 e. The molecule has 3 aromatic carbocycles. The number of aryl methyl sites for hydroxylation is 1. The molecule has 3 aromatic rings. The average molecular weight is 409 g/mol. The molecule has 0 aliphatic carbocycles. The van der Waals surface area contributed by atoms with Crippen LogP contribution in [0.1, 0.15) is 11.1 Å². The van der Waals surface area contributed by atoms with E-state index in [2.05, 4.69) is 5.32 Å². The number of anilines is 1. The van der Waals surface area contributed by atoms with Crippen LogP contribution < -0.4 is 5.32 Å². The van der Waals surface area contributed by atoms with E-state index in [1.54, 1.807) is 30.3 Å². The van der Waals surface area contributed by atoms with Gasteiger partial charge in [0.2, 0.25) is 15.9 Å². The lowest BCUT2D eigenvalue weighted by Gasteiger charge is -2.19. The molecule has 0 aromatic heterocycles. The Bertz CT molecular complexity index is 1130. The lowest BCUT2D eigenvalue weighted by atomic mass is 10.1. The summed E-state index contributed by atoms with van der Waals surface area (Å²) in [6.45, 7) is 3.60.